The SMILES string of the molecule is Cc1ncsc1-c1ccc(CN)c(N(C)CC(C)(C)CN2CCN(c3ccc(CN4CCN(c5cc(-c6ccccc6O)nnc5N)CC4)cc3F)CC2)c1. The number of para-hydroxylation sites is 1. The molecule has 3 aromatic carbocycles. The molecule has 5 N–H and O–H groups in total. The van der Waals surface area contributed by atoms with Gasteiger partial charge in [-0.3, -0.25) is 9.80 Å². The monoisotopic (exact) mass is 764 g/mol. The number of nitrogen functional groups attached to an aromatic ring is 1. The summed E-state index contributed by atoms with van der Waals surface area (Å²) in [6, 6.07) is 21.3. The van der Waals surface area contributed by atoms with E-state index in [1.54, 1.807) is 29.5 Å². The van der Waals surface area contributed by atoms with Crippen molar-refractivity contribution < 1.29 is 9.50 Å². The van der Waals surface area contributed by atoms with E-state index in [1.165, 1.54) is 16.1 Å². The van der Waals surface area contributed by atoms with Crippen LogP contribution in [0.5, 0.6) is 5.75 Å². The predicted molar refractivity (Wildman–Crippen MR) is 223 cm³/mol. The average Bonchev–Trinajstić information content (AvgIpc) is 3.61. The van der Waals surface area contributed by atoms with Crippen LogP contribution >= 0.6 is 11.3 Å². The van der Waals surface area contributed by atoms with Crippen molar-refractivity contribution in [3.05, 3.63) is 94.9 Å². The molecule has 2 aliphatic rings. The molecule has 13 heteroatoms. The number of hydrogen-bond donors (Lipinski definition) is 3. The second-order valence-corrected chi connectivity index (χ2v) is 16.5. The lowest BCUT2D eigenvalue weighted by Gasteiger charge is -2.41. The average molecular weight is 765 g/mol. The van der Waals surface area contributed by atoms with Crippen molar-refractivity contribution in [3.63, 3.8) is 0 Å². The maximum Gasteiger partial charge on any atom is 0.169 e. The topological polar surface area (TPSA) is 127 Å². The molecule has 5 aromatic rings. The molecule has 0 unspecified atom stereocenters. The number of anilines is 4. The van der Waals surface area contributed by atoms with Gasteiger partial charge in [-0.05, 0) is 65.4 Å². The second kappa shape index (κ2) is 16.5. The normalized spacial score (nSPS) is 15.8. The minimum atomic E-state index is -0.162. The van der Waals surface area contributed by atoms with E-state index in [9.17, 15) is 5.11 Å². The minimum Gasteiger partial charge on any atom is -0.507 e. The number of aromatic nitrogens is 3. The van der Waals surface area contributed by atoms with Crippen molar-refractivity contribution in [2.45, 2.75) is 33.9 Å². The van der Waals surface area contributed by atoms with E-state index < -0.39 is 0 Å². The van der Waals surface area contributed by atoms with Gasteiger partial charge in [0, 0.05) is 96.8 Å². The Kier molecular flexibility index (Phi) is 11.5. The molecule has 0 bridgehead atoms. The van der Waals surface area contributed by atoms with Gasteiger partial charge in [0.15, 0.2) is 5.82 Å². The lowest BCUT2D eigenvalue weighted by Crippen LogP contribution is -2.51. The van der Waals surface area contributed by atoms with Gasteiger partial charge < -0.3 is 31.3 Å². The Labute approximate surface area is 328 Å². The third-order valence-corrected chi connectivity index (χ3v) is 11.8. The highest BCUT2D eigenvalue weighted by molar-refractivity contribution is 7.13. The molecule has 0 saturated carbocycles. The zero-order valence-electron chi connectivity index (χ0n) is 32.4. The van der Waals surface area contributed by atoms with Gasteiger partial charge in [0.05, 0.1) is 33.2 Å². The van der Waals surface area contributed by atoms with E-state index in [2.05, 4.69) is 91.8 Å². The van der Waals surface area contributed by atoms with Gasteiger partial charge in [0.25, 0.3) is 0 Å². The Morgan fingerprint density at radius 1 is 0.873 bits per heavy atom. The number of phenolic OH excluding ortho intramolecular Hbond substituents is 1. The molecule has 2 aromatic heterocycles. The Morgan fingerprint density at radius 2 is 1.58 bits per heavy atom. The molecular formula is C42H53FN10OS. The van der Waals surface area contributed by atoms with Crippen molar-refractivity contribution in [1.82, 2.24) is 25.0 Å². The molecule has 2 fully saturated rings. The lowest BCUT2D eigenvalue weighted by molar-refractivity contribution is 0.173. The van der Waals surface area contributed by atoms with Crippen molar-refractivity contribution in [3.8, 4) is 27.4 Å². The van der Waals surface area contributed by atoms with Crippen LogP contribution in [0.3, 0.4) is 0 Å². The molecular weight excluding hydrogens is 712 g/mol. The van der Waals surface area contributed by atoms with Gasteiger partial charge in [0.2, 0.25) is 0 Å². The van der Waals surface area contributed by atoms with Crippen LogP contribution in [0, 0.1) is 18.2 Å². The third-order valence-electron chi connectivity index (χ3n) is 10.9. The molecule has 0 aliphatic carbocycles. The number of piperazine rings is 2. The molecule has 0 spiro atoms. The van der Waals surface area contributed by atoms with Crippen molar-refractivity contribution in [2.75, 3.05) is 92.9 Å². The standard InChI is InChI=1S/C42H53FN10OS/c1-29-40(55-28-46-29)31-10-11-32(24-44)37(22-31)49(4)26-42(2,3)27-51-15-19-52(20-16-51)36-12-9-30(21-34(36)43)25-50-13-17-53(18-14-50)38-23-35(47-48-41(38)45)33-7-5-6-8-39(33)54/h5-12,21-23,28,54H,13-20,24-27,44H2,1-4H3,(H2,45,48). The lowest BCUT2D eigenvalue weighted by atomic mass is 9.91. The van der Waals surface area contributed by atoms with Crippen LogP contribution in [0.4, 0.5) is 27.3 Å². The second-order valence-electron chi connectivity index (χ2n) is 15.7. The molecule has 2 aliphatic heterocycles. The summed E-state index contributed by atoms with van der Waals surface area (Å²) in [6.07, 6.45) is 0. The first-order chi connectivity index (χ1) is 26.5. The summed E-state index contributed by atoms with van der Waals surface area (Å²) in [5.41, 5.74) is 22.5. The number of aromatic hydroxyl groups is 1. The number of benzene rings is 3. The quantitative estimate of drug-likeness (QED) is 0.137. The largest absolute Gasteiger partial charge is 0.507 e. The first-order valence-electron chi connectivity index (χ1n) is 19.1. The Morgan fingerprint density at radius 3 is 2.25 bits per heavy atom. The number of hydrogen-bond acceptors (Lipinski definition) is 12. The molecule has 4 heterocycles. The Bertz CT molecular complexity index is 2090. The van der Waals surface area contributed by atoms with E-state index in [4.69, 9.17) is 11.5 Å². The van der Waals surface area contributed by atoms with E-state index in [1.807, 2.05) is 29.8 Å². The highest BCUT2D eigenvalue weighted by Gasteiger charge is 2.28. The van der Waals surface area contributed by atoms with E-state index in [0.717, 1.165) is 88.0 Å². The molecule has 0 atom stereocenters. The van der Waals surface area contributed by atoms with E-state index >= 15 is 4.39 Å². The number of halogens is 1. The van der Waals surface area contributed by atoms with Crippen LogP contribution in [-0.4, -0.2) is 103 Å². The smallest absolute Gasteiger partial charge is 0.169 e. The van der Waals surface area contributed by atoms with Crippen LogP contribution in [-0.2, 0) is 13.1 Å². The number of nitrogens with two attached hydrogens (primary N) is 2. The number of phenols is 1. The van der Waals surface area contributed by atoms with Crippen LogP contribution in [0.25, 0.3) is 21.7 Å². The molecule has 0 amide bonds. The predicted octanol–water partition coefficient (Wildman–Crippen LogP) is 6.07. The first-order valence-corrected chi connectivity index (χ1v) is 19.9. The van der Waals surface area contributed by atoms with Crippen molar-refractivity contribution in [2.24, 2.45) is 11.1 Å². The van der Waals surface area contributed by atoms with Gasteiger partial charge in [-0.25, -0.2) is 9.37 Å². The zero-order valence-corrected chi connectivity index (χ0v) is 33.2. The van der Waals surface area contributed by atoms with E-state index in [-0.39, 0.29) is 17.0 Å². The Hall–Kier alpha value is -4.82. The van der Waals surface area contributed by atoms with Gasteiger partial charge in [-0.15, -0.1) is 21.5 Å². The third kappa shape index (κ3) is 8.86. The minimum absolute atomic E-state index is 0.0223. The maximum atomic E-state index is 15.7. The van der Waals surface area contributed by atoms with Crippen molar-refractivity contribution in [1.29, 1.82) is 0 Å². The summed E-state index contributed by atoms with van der Waals surface area (Å²) >= 11 is 1.67. The zero-order chi connectivity index (χ0) is 38.7. The summed E-state index contributed by atoms with van der Waals surface area (Å²) in [7, 11) is 2.16. The molecule has 7 rings (SSSR count). The molecule has 55 heavy (non-hydrogen) atoms. The Balaban J connectivity index is 0.900. The highest BCUT2D eigenvalue weighted by Crippen LogP contribution is 2.35. The summed E-state index contributed by atoms with van der Waals surface area (Å²) in [5, 5.41) is 18.7. The number of aryl methyl sites for hydroxylation is 1. The number of thiazole rings is 1. The summed E-state index contributed by atoms with van der Waals surface area (Å²) in [6.45, 7) is 16.2. The highest BCUT2D eigenvalue weighted by atomic mass is 32.1. The van der Waals surface area contributed by atoms with Crippen LogP contribution in [0.15, 0.2) is 72.2 Å². The summed E-state index contributed by atoms with van der Waals surface area (Å²) in [5.74, 6) is 0.356. The number of nitrogens with zero attached hydrogens (tertiary/aromatic N) is 8. The van der Waals surface area contributed by atoms with Crippen LogP contribution in [0.2, 0.25) is 0 Å². The van der Waals surface area contributed by atoms with Crippen molar-refractivity contribution >= 4 is 34.2 Å². The first kappa shape index (κ1) is 38.5. The van der Waals surface area contributed by atoms with Crippen LogP contribution < -0.4 is 26.2 Å². The fraction of sp³-hybridized carbons (Fsp3) is 0.405. The number of rotatable bonds is 12. The van der Waals surface area contributed by atoms with Gasteiger partial charge in [-0.1, -0.05) is 44.2 Å². The fourth-order valence-corrected chi connectivity index (χ4v) is 8.92. The fourth-order valence-electron chi connectivity index (χ4n) is 8.12. The molecule has 2 saturated heterocycles. The van der Waals surface area contributed by atoms with Crippen LogP contribution in [0.1, 0.15) is 30.7 Å². The molecule has 290 valence electrons. The van der Waals surface area contributed by atoms with Gasteiger partial charge >= 0.3 is 0 Å². The van der Waals surface area contributed by atoms with Gasteiger partial charge in [0.1, 0.15) is 11.6 Å². The maximum absolute atomic E-state index is 15.7. The molecule has 0 radical (unpaired) electrons. The summed E-state index contributed by atoms with van der Waals surface area (Å²) in [4.78, 5) is 17.2. The summed E-state index contributed by atoms with van der Waals surface area (Å²) < 4.78 is 15.7. The molecule has 11 nitrogen and oxygen atoms in total. The van der Waals surface area contributed by atoms with E-state index in [0.29, 0.717) is 35.9 Å². The van der Waals surface area contributed by atoms with Gasteiger partial charge in [-0.2, -0.15) is 0 Å².